The quantitative estimate of drug-likeness (QED) is 0.731. The van der Waals surface area contributed by atoms with Gasteiger partial charge in [-0.15, -0.1) is 0 Å². The number of furan rings is 1. The monoisotopic (exact) mass is 422 g/mol. The molecule has 1 fully saturated rings. The van der Waals surface area contributed by atoms with E-state index in [2.05, 4.69) is 5.32 Å². The van der Waals surface area contributed by atoms with E-state index in [0.29, 0.717) is 30.3 Å². The van der Waals surface area contributed by atoms with E-state index in [4.69, 9.17) is 9.15 Å². The molecule has 1 saturated heterocycles. The van der Waals surface area contributed by atoms with Gasteiger partial charge in [0.25, 0.3) is 5.91 Å². The molecule has 8 nitrogen and oxygen atoms in total. The highest BCUT2D eigenvalue weighted by atomic mass is 32.2. The first kappa shape index (κ1) is 21.5. The second-order valence-electron chi connectivity index (χ2n) is 7.36. The average molecular weight is 423 g/mol. The number of carbonyl (C=O) groups excluding carboxylic acids is 1. The molecular weight excluding hydrogens is 396 g/mol. The minimum absolute atomic E-state index is 0.0851. The van der Waals surface area contributed by atoms with Gasteiger partial charge in [-0.25, -0.2) is 8.42 Å². The van der Waals surface area contributed by atoms with E-state index in [1.165, 1.54) is 17.3 Å². The molecule has 0 radical (unpaired) electrons. The van der Waals surface area contributed by atoms with Crippen molar-refractivity contribution in [3.8, 4) is 0 Å². The van der Waals surface area contributed by atoms with Crippen molar-refractivity contribution in [3.05, 3.63) is 53.0 Å². The lowest BCUT2D eigenvalue weighted by molar-refractivity contribution is 0.0323. The number of aliphatic hydroxyl groups is 1. The molecule has 1 amide bonds. The molecule has 9 heteroatoms. The van der Waals surface area contributed by atoms with Gasteiger partial charge in [-0.05, 0) is 50.6 Å². The molecule has 3 rings (SSSR count). The van der Waals surface area contributed by atoms with Crippen molar-refractivity contribution in [1.82, 2.24) is 9.62 Å². The zero-order chi connectivity index (χ0) is 21.2. The molecule has 1 aliphatic heterocycles. The Morgan fingerprint density at radius 2 is 1.90 bits per heavy atom. The smallest absolute Gasteiger partial charge is 0.251 e. The highest BCUT2D eigenvalue weighted by Gasteiger charge is 2.30. The summed E-state index contributed by atoms with van der Waals surface area (Å²) in [5, 5.41) is 13.2. The molecule has 2 heterocycles. The van der Waals surface area contributed by atoms with Gasteiger partial charge < -0.3 is 19.6 Å². The second kappa shape index (κ2) is 8.27. The van der Waals surface area contributed by atoms with Crippen molar-refractivity contribution in [2.75, 3.05) is 32.8 Å². The Labute approximate surface area is 170 Å². The molecular formula is C20H26N2O6S. The Bertz CT molecular complexity index is 990. The van der Waals surface area contributed by atoms with Crippen molar-refractivity contribution in [1.29, 1.82) is 0 Å². The van der Waals surface area contributed by atoms with Gasteiger partial charge in [0.2, 0.25) is 10.0 Å². The van der Waals surface area contributed by atoms with Crippen LogP contribution >= 0.6 is 0 Å². The first-order chi connectivity index (χ1) is 13.6. The highest BCUT2D eigenvalue weighted by molar-refractivity contribution is 7.89. The summed E-state index contributed by atoms with van der Waals surface area (Å²) in [6, 6.07) is 7.93. The number of ether oxygens (including phenoxy) is 1. The lowest BCUT2D eigenvalue weighted by Crippen LogP contribution is -2.41. The summed E-state index contributed by atoms with van der Waals surface area (Å²) in [4.78, 5) is 12.7. The fraction of sp³-hybridized carbons (Fsp3) is 0.450. The number of nitrogens with one attached hydrogen (secondary N) is 1. The fourth-order valence-corrected chi connectivity index (χ4v) is 4.77. The van der Waals surface area contributed by atoms with Gasteiger partial charge in [0, 0.05) is 18.7 Å². The van der Waals surface area contributed by atoms with Crippen molar-refractivity contribution in [2.45, 2.75) is 31.3 Å². The average Bonchev–Trinajstić information content (AvgIpc) is 3.14. The molecule has 0 bridgehead atoms. The van der Waals surface area contributed by atoms with E-state index in [-0.39, 0.29) is 30.1 Å². The van der Waals surface area contributed by atoms with Crippen LogP contribution < -0.4 is 5.32 Å². The van der Waals surface area contributed by atoms with E-state index < -0.39 is 21.5 Å². The van der Waals surface area contributed by atoms with E-state index in [1.54, 1.807) is 38.1 Å². The number of rotatable bonds is 6. The third-order valence-electron chi connectivity index (χ3n) is 4.90. The molecule has 1 aromatic heterocycles. The van der Waals surface area contributed by atoms with Crippen LogP contribution in [0.1, 0.15) is 34.4 Å². The predicted octanol–water partition coefficient (Wildman–Crippen LogP) is 1.55. The maximum absolute atomic E-state index is 13.0. The van der Waals surface area contributed by atoms with Gasteiger partial charge >= 0.3 is 0 Å². The van der Waals surface area contributed by atoms with Crippen molar-refractivity contribution in [2.24, 2.45) is 0 Å². The molecule has 1 aromatic carbocycles. The number of hydrogen-bond donors (Lipinski definition) is 2. The number of benzene rings is 1. The zero-order valence-electron chi connectivity index (χ0n) is 16.8. The summed E-state index contributed by atoms with van der Waals surface area (Å²) in [6.45, 7) is 6.17. The maximum atomic E-state index is 13.0. The molecule has 158 valence electrons. The van der Waals surface area contributed by atoms with Gasteiger partial charge in [0.15, 0.2) is 0 Å². The molecule has 2 aromatic rings. The van der Waals surface area contributed by atoms with Crippen LogP contribution in [-0.2, 0) is 20.4 Å². The first-order valence-corrected chi connectivity index (χ1v) is 10.8. The van der Waals surface area contributed by atoms with Gasteiger partial charge in [0.05, 0.1) is 24.7 Å². The number of sulfonamides is 1. The van der Waals surface area contributed by atoms with Crippen LogP contribution in [0, 0.1) is 13.8 Å². The highest BCUT2D eigenvalue weighted by Crippen LogP contribution is 2.24. The van der Waals surface area contributed by atoms with Crippen molar-refractivity contribution >= 4 is 15.9 Å². The summed E-state index contributed by atoms with van der Waals surface area (Å²) in [5.41, 5.74) is -0.628. The zero-order valence-corrected chi connectivity index (χ0v) is 17.6. The number of amides is 1. The molecule has 0 unspecified atom stereocenters. The maximum Gasteiger partial charge on any atom is 0.251 e. The standard InChI is InChI=1S/C20H26N2O6S/c1-14-4-6-16(12-17(14)29(25,26)22-8-10-27-11-9-22)19(23)21-13-20(3,24)18-7-5-15(2)28-18/h4-7,12,24H,8-11,13H2,1-3H3,(H,21,23)/t20-/m0/s1. The summed E-state index contributed by atoms with van der Waals surface area (Å²) in [5.74, 6) is 0.518. The summed E-state index contributed by atoms with van der Waals surface area (Å²) in [6.07, 6.45) is 0. The molecule has 29 heavy (non-hydrogen) atoms. The van der Waals surface area contributed by atoms with Crippen molar-refractivity contribution < 1.29 is 27.5 Å². The van der Waals surface area contributed by atoms with E-state index in [9.17, 15) is 18.3 Å². The Kier molecular flexibility index (Phi) is 6.13. The topological polar surface area (TPSA) is 109 Å². The third-order valence-corrected chi connectivity index (χ3v) is 6.94. The van der Waals surface area contributed by atoms with Crippen LogP contribution in [0.3, 0.4) is 0 Å². The summed E-state index contributed by atoms with van der Waals surface area (Å²) in [7, 11) is -3.72. The summed E-state index contributed by atoms with van der Waals surface area (Å²) < 4.78 is 38.0. The van der Waals surface area contributed by atoms with Gasteiger partial charge in [-0.3, -0.25) is 4.79 Å². The fourth-order valence-electron chi connectivity index (χ4n) is 3.11. The number of carbonyl (C=O) groups is 1. The van der Waals surface area contributed by atoms with Crippen LogP contribution in [0.4, 0.5) is 0 Å². The van der Waals surface area contributed by atoms with E-state index in [0.717, 1.165) is 0 Å². The van der Waals surface area contributed by atoms with E-state index >= 15 is 0 Å². The second-order valence-corrected chi connectivity index (χ2v) is 9.27. The Morgan fingerprint density at radius 1 is 1.21 bits per heavy atom. The summed E-state index contributed by atoms with van der Waals surface area (Å²) >= 11 is 0. The predicted molar refractivity (Wildman–Crippen MR) is 106 cm³/mol. The van der Waals surface area contributed by atoms with Crippen LogP contribution in [0.5, 0.6) is 0 Å². The number of aryl methyl sites for hydroxylation is 2. The molecule has 2 N–H and O–H groups in total. The minimum atomic E-state index is -3.72. The SMILES string of the molecule is Cc1ccc([C@@](C)(O)CNC(=O)c2ccc(C)c(S(=O)(=O)N3CCOCC3)c2)o1. The molecule has 1 aliphatic rings. The molecule has 0 saturated carbocycles. The molecule has 0 aliphatic carbocycles. The molecule has 0 spiro atoms. The largest absolute Gasteiger partial charge is 0.463 e. The lowest BCUT2D eigenvalue weighted by atomic mass is 10.0. The van der Waals surface area contributed by atoms with Crippen molar-refractivity contribution in [3.63, 3.8) is 0 Å². The van der Waals surface area contributed by atoms with Gasteiger partial charge in [0.1, 0.15) is 17.1 Å². The number of nitrogens with zero attached hydrogens (tertiary/aromatic N) is 1. The Hall–Kier alpha value is -2.20. The number of hydrogen-bond acceptors (Lipinski definition) is 6. The van der Waals surface area contributed by atoms with Crippen LogP contribution in [0.2, 0.25) is 0 Å². The Morgan fingerprint density at radius 3 is 2.52 bits per heavy atom. The minimum Gasteiger partial charge on any atom is -0.463 e. The molecule has 1 atom stereocenters. The van der Waals surface area contributed by atoms with Crippen LogP contribution in [0.25, 0.3) is 0 Å². The van der Waals surface area contributed by atoms with Gasteiger partial charge in [-0.1, -0.05) is 6.07 Å². The first-order valence-electron chi connectivity index (χ1n) is 9.37. The third kappa shape index (κ3) is 4.69. The normalized spacial score (nSPS) is 17.7. The Balaban J connectivity index is 1.77. The lowest BCUT2D eigenvalue weighted by Gasteiger charge is -2.27. The number of morpholine rings is 1. The van der Waals surface area contributed by atoms with Crippen LogP contribution in [0.15, 0.2) is 39.6 Å². The van der Waals surface area contributed by atoms with Crippen LogP contribution in [-0.4, -0.2) is 56.6 Å². The van der Waals surface area contributed by atoms with Gasteiger partial charge in [-0.2, -0.15) is 4.31 Å². The van der Waals surface area contributed by atoms with E-state index in [1.807, 2.05) is 0 Å².